The zero-order chi connectivity index (χ0) is 10.3. The van der Waals surface area contributed by atoms with Gasteiger partial charge in [0.15, 0.2) is 5.78 Å². The molecule has 3 fully saturated rings. The third kappa shape index (κ3) is 1.42. The largest absolute Gasteiger partial charge is 0.306 e. The fourth-order valence-electron chi connectivity index (χ4n) is 2.93. The highest BCUT2D eigenvalue weighted by Crippen LogP contribution is 2.38. The van der Waals surface area contributed by atoms with Crippen LogP contribution in [0.3, 0.4) is 0 Å². The molecule has 3 heterocycles. The van der Waals surface area contributed by atoms with Crippen LogP contribution < -0.4 is 5.32 Å². The lowest BCUT2D eigenvalue weighted by molar-refractivity contribution is 0.0713. The van der Waals surface area contributed by atoms with Gasteiger partial charge in [0.2, 0.25) is 0 Å². The molecule has 3 saturated heterocycles. The van der Waals surface area contributed by atoms with Crippen molar-refractivity contribution in [3.05, 3.63) is 35.9 Å². The Labute approximate surface area is 93.4 Å². The fraction of sp³-hybridized carbons (Fsp3) is 0.417. The number of carbonyl (C=O) groups is 1. The maximum absolute atomic E-state index is 12.3. The number of Topliss-reactive ketones (excluding diaryl/α,β-unsaturated/α-hetero) is 1. The number of ketones is 1. The molecule has 15 heavy (non-hydrogen) atoms. The first-order valence-corrected chi connectivity index (χ1v) is 7.68. The van der Waals surface area contributed by atoms with E-state index in [1.54, 1.807) is 0 Å². The monoisotopic (exact) mass is 223 g/mol. The van der Waals surface area contributed by atoms with Crippen molar-refractivity contribution >= 4 is 17.5 Å². The maximum Gasteiger partial charge on any atom is 0.183 e. The van der Waals surface area contributed by atoms with Gasteiger partial charge in [0.25, 0.3) is 0 Å². The molecule has 0 saturated carbocycles. The normalized spacial score (nSPS) is 33.7. The average molecular weight is 223 g/mol. The third-order valence-electron chi connectivity index (χ3n) is 3.70. The summed E-state index contributed by atoms with van der Waals surface area (Å²) in [6.45, 7) is 0. The van der Waals surface area contributed by atoms with Crippen molar-refractivity contribution < 1.29 is 4.79 Å². The van der Waals surface area contributed by atoms with E-state index in [0.29, 0.717) is 11.8 Å². The molecule has 2 nitrogen and oxygen atoms in total. The predicted octanol–water partition coefficient (Wildman–Crippen LogP) is 0.646. The van der Waals surface area contributed by atoms with Crippen molar-refractivity contribution in [1.82, 2.24) is 5.32 Å². The Morgan fingerprint density at radius 1 is 1.40 bits per heavy atom. The van der Waals surface area contributed by atoms with Crippen molar-refractivity contribution in [1.29, 1.82) is 0 Å². The highest BCUT2D eigenvalue weighted by Gasteiger charge is 2.51. The summed E-state index contributed by atoms with van der Waals surface area (Å²) >= 11 is 0.0231. The minimum absolute atomic E-state index is 0.0231. The standard InChI is InChI=1S/C12H17NOS/c14-11(9-4-2-1-3-5-9)12-6-10(13-12)7-15-8-12/h1-5,10,13H,6-8H2,15H4. The topological polar surface area (TPSA) is 29.1 Å². The summed E-state index contributed by atoms with van der Waals surface area (Å²) in [7, 11) is 0. The van der Waals surface area contributed by atoms with Crippen LogP contribution >= 0.6 is 11.8 Å². The smallest absolute Gasteiger partial charge is 0.183 e. The van der Waals surface area contributed by atoms with Gasteiger partial charge < -0.3 is 17.1 Å². The Hall–Kier alpha value is -0.800. The maximum atomic E-state index is 12.3. The molecule has 1 N–H and O–H groups in total. The van der Waals surface area contributed by atoms with Crippen LogP contribution in [-0.4, -0.2) is 28.9 Å². The van der Waals surface area contributed by atoms with Gasteiger partial charge in [0.05, 0.1) is 5.54 Å². The number of rotatable bonds is 2. The molecule has 0 aromatic heterocycles. The number of benzene rings is 1. The van der Waals surface area contributed by atoms with Crippen LogP contribution in [0.5, 0.6) is 0 Å². The van der Waals surface area contributed by atoms with Crippen LogP contribution in [0.4, 0.5) is 0 Å². The lowest BCUT2D eigenvalue weighted by Crippen LogP contribution is -2.72. The van der Waals surface area contributed by atoms with E-state index in [0.717, 1.165) is 17.7 Å². The van der Waals surface area contributed by atoms with Crippen LogP contribution in [0, 0.1) is 0 Å². The van der Waals surface area contributed by atoms with Crippen LogP contribution in [-0.2, 0) is 0 Å². The van der Waals surface area contributed by atoms with E-state index in [-0.39, 0.29) is 17.3 Å². The van der Waals surface area contributed by atoms with Gasteiger partial charge >= 0.3 is 0 Å². The molecule has 2 bridgehead atoms. The Balaban J connectivity index is 1.86. The van der Waals surface area contributed by atoms with E-state index in [4.69, 9.17) is 0 Å². The number of carbonyl (C=O) groups excluding carboxylic acids is 1. The van der Waals surface area contributed by atoms with Crippen molar-refractivity contribution in [3.8, 4) is 0 Å². The Morgan fingerprint density at radius 2 is 2.13 bits per heavy atom. The lowest BCUT2D eigenvalue weighted by Gasteiger charge is -2.53. The summed E-state index contributed by atoms with van der Waals surface area (Å²) in [6.07, 6.45) is 1.08. The zero-order valence-corrected chi connectivity index (χ0v) is 10.1. The summed E-state index contributed by atoms with van der Waals surface area (Å²) in [4.78, 5) is 12.3. The van der Waals surface area contributed by atoms with Gasteiger partial charge in [0.1, 0.15) is 0 Å². The first kappa shape index (κ1) is 9.43. The van der Waals surface area contributed by atoms with E-state index in [2.05, 4.69) is 5.32 Å². The second-order valence-corrected chi connectivity index (χ2v) is 6.50. The number of hydrogen-bond donors (Lipinski definition) is 1. The predicted molar refractivity (Wildman–Crippen MR) is 67.9 cm³/mol. The van der Waals surface area contributed by atoms with Gasteiger partial charge in [-0.05, 0) is 17.9 Å². The number of hydrogen-bond acceptors (Lipinski definition) is 2. The highest BCUT2D eigenvalue weighted by molar-refractivity contribution is 7.99. The molecule has 3 heteroatoms. The minimum Gasteiger partial charge on any atom is -0.306 e. The first-order chi connectivity index (χ1) is 7.30. The van der Waals surface area contributed by atoms with Crippen molar-refractivity contribution in [2.45, 2.75) is 18.0 Å². The third-order valence-corrected chi connectivity index (χ3v) is 6.01. The van der Waals surface area contributed by atoms with E-state index in [1.807, 2.05) is 30.3 Å². The fourth-order valence-corrected chi connectivity index (χ4v) is 5.15. The molecule has 2 unspecified atom stereocenters. The molecule has 0 aliphatic carbocycles. The average Bonchev–Trinajstić information content (AvgIpc) is 2.29. The summed E-state index contributed by atoms with van der Waals surface area (Å²) in [5.41, 5.74) is 0.732. The summed E-state index contributed by atoms with van der Waals surface area (Å²) < 4.78 is 0. The van der Waals surface area contributed by atoms with Crippen LogP contribution in [0.15, 0.2) is 30.3 Å². The highest BCUT2D eigenvalue weighted by atomic mass is 32.2. The van der Waals surface area contributed by atoms with E-state index < -0.39 is 0 Å². The molecular formula is C12H17NOS. The molecule has 3 aliphatic heterocycles. The second-order valence-electron chi connectivity index (χ2n) is 4.71. The Kier molecular flexibility index (Phi) is 2.11. The van der Waals surface area contributed by atoms with E-state index >= 15 is 0 Å². The molecule has 0 radical (unpaired) electrons. The molecular weight excluding hydrogens is 206 g/mol. The van der Waals surface area contributed by atoms with Crippen molar-refractivity contribution in [2.24, 2.45) is 0 Å². The van der Waals surface area contributed by atoms with Gasteiger partial charge in [-0.3, -0.25) is 4.79 Å². The first-order valence-electron chi connectivity index (χ1n) is 5.68. The summed E-state index contributed by atoms with van der Waals surface area (Å²) in [5.74, 6) is 2.85. The van der Waals surface area contributed by atoms with Crippen molar-refractivity contribution in [2.75, 3.05) is 11.5 Å². The molecule has 3 aliphatic rings. The minimum atomic E-state index is -0.142. The number of nitrogens with one attached hydrogen (secondary N) is 1. The van der Waals surface area contributed by atoms with Gasteiger partial charge in [-0.15, -0.1) is 0 Å². The molecule has 2 atom stereocenters. The van der Waals surface area contributed by atoms with Crippen LogP contribution in [0.25, 0.3) is 0 Å². The van der Waals surface area contributed by atoms with E-state index in [1.165, 1.54) is 5.75 Å². The summed E-state index contributed by atoms with van der Waals surface area (Å²) in [5, 5.41) is 3.48. The SMILES string of the molecule is O=C(c1ccccc1)C12C[SH4]CC(C1)N2. The van der Waals surface area contributed by atoms with Gasteiger partial charge in [-0.1, -0.05) is 30.3 Å². The lowest BCUT2D eigenvalue weighted by atomic mass is 9.77. The Bertz CT molecular complexity index is 378. The molecule has 82 valence electrons. The zero-order valence-electron chi connectivity index (χ0n) is 8.70. The number of fused-ring (bicyclic) bond motifs is 2. The van der Waals surface area contributed by atoms with Crippen LogP contribution in [0.2, 0.25) is 0 Å². The van der Waals surface area contributed by atoms with Crippen molar-refractivity contribution in [3.63, 3.8) is 0 Å². The van der Waals surface area contributed by atoms with Crippen LogP contribution in [0.1, 0.15) is 16.8 Å². The molecule has 1 aromatic carbocycles. The van der Waals surface area contributed by atoms with Gasteiger partial charge in [0, 0.05) is 11.6 Å². The Morgan fingerprint density at radius 3 is 2.73 bits per heavy atom. The molecule has 4 rings (SSSR count). The van der Waals surface area contributed by atoms with E-state index in [9.17, 15) is 4.79 Å². The second kappa shape index (κ2) is 3.35. The molecule has 0 amide bonds. The van der Waals surface area contributed by atoms with Gasteiger partial charge in [-0.2, -0.15) is 0 Å². The quantitative estimate of drug-likeness (QED) is 0.746. The van der Waals surface area contributed by atoms with Gasteiger partial charge in [-0.25, -0.2) is 0 Å². The molecule has 0 spiro atoms. The summed E-state index contributed by atoms with van der Waals surface area (Å²) in [6, 6.07) is 10.4. The molecule has 1 aromatic rings.